The van der Waals surface area contributed by atoms with Gasteiger partial charge in [0.1, 0.15) is 0 Å². The van der Waals surface area contributed by atoms with E-state index >= 15 is 0 Å². The van der Waals surface area contributed by atoms with Gasteiger partial charge in [-0.05, 0) is 50.4 Å². The van der Waals surface area contributed by atoms with E-state index in [1.54, 1.807) is 12.3 Å². The third-order valence-electron chi connectivity index (χ3n) is 3.17. The van der Waals surface area contributed by atoms with Crippen LogP contribution in [0.5, 0.6) is 0 Å². The molecule has 0 saturated carbocycles. The van der Waals surface area contributed by atoms with E-state index < -0.39 is 10.0 Å². The van der Waals surface area contributed by atoms with E-state index in [9.17, 15) is 13.2 Å². The Balaban J connectivity index is 2.11. The molecule has 116 valence electrons. The summed E-state index contributed by atoms with van der Waals surface area (Å²) in [6.45, 7) is 1.83. The minimum atomic E-state index is -3.50. The minimum Gasteiger partial charge on any atom is -0.344 e. The van der Waals surface area contributed by atoms with Gasteiger partial charge in [-0.1, -0.05) is 6.07 Å². The molecule has 22 heavy (non-hydrogen) atoms. The van der Waals surface area contributed by atoms with Crippen LogP contribution < -0.4 is 10.0 Å². The summed E-state index contributed by atoms with van der Waals surface area (Å²) in [4.78, 5) is 16.5. The molecule has 0 unspecified atom stereocenters. The zero-order valence-corrected chi connectivity index (χ0v) is 13.1. The van der Waals surface area contributed by atoms with E-state index in [0.717, 1.165) is 5.69 Å². The number of sulfonamides is 1. The van der Waals surface area contributed by atoms with E-state index in [2.05, 4.69) is 15.0 Å². The number of hydrogen-bond acceptors (Lipinski definition) is 4. The number of aromatic nitrogens is 1. The van der Waals surface area contributed by atoms with Crippen molar-refractivity contribution in [1.82, 2.24) is 15.0 Å². The second-order valence-corrected chi connectivity index (χ2v) is 6.57. The summed E-state index contributed by atoms with van der Waals surface area (Å²) >= 11 is 0. The topological polar surface area (TPSA) is 88.2 Å². The smallest absolute Gasteiger partial charge is 0.251 e. The second-order valence-electron chi connectivity index (χ2n) is 4.68. The van der Waals surface area contributed by atoms with Gasteiger partial charge >= 0.3 is 0 Å². The van der Waals surface area contributed by atoms with Gasteiger partial charge in [-0.25, -0.2) is 13.1 Å². The van der Waals surface area contributed by atoms with Crippen molar-refractivity contribution in [3.8, 4) is 0 Å². The molecule has 1 aromatic carbocycles. The molecule has 7 heteroatoms. The number of benzene rings is 1. The van der Waals surface area contributed by atoms with E-state index in [1.165, 1.54) is 31.3 Å². The number of carbonyl (C=O) groups excluding carboxylic acids is 1. The lowest BCUT2D eigenvalue weighted by atomic mass is 10.1. The lowest BCUT2D eigenvalue weighted by Gasteiger charge is -2.13. The number of rotatable bonds is 5. The number of amides is 1. The first-order chi connectivity index (χ1) is 10.4. The zero-order valence-electron chi connectivity index (χ0n) is 12.3. The van der Waals surface area contributed by atoms with Crippen molar-refractivity contribution in [2.75, 3.05) is 7.05 Å². The van der Waals surface area contributed by atoms with Crippen molar-refractivity contribution in [2.45, 2.75) is 17.9 Å². The average Bonchev–Trinajstić information content (AvgIpc) is 2.55. The first-order valence-corrected chi connectivity index (χ1v) is 8.18. The van der Waals surface area contributed by atoms with Gasteiger partial charge in [-0.2, -0.15) is 0 Å². The molecule has 1 atom stereocenters. The first-order valence-electron chi connectivity index (χ1n) is 6.69. The van der Waals surface area contributed by atoms with Crippen molar-refractivity contribution in [1.29, 1.82) is 0 Å². The fourth-order valence-electron chi connectivity index (χ4n) is 1.89. The Kier molecular flexibility index (Phi) is 4.89. The summed E-state index contributed by atoms with van der Waals surface area (Å²) < 4.78 is 25.5. The largest absolute Gasteiger partial charge is 0.344 e. The predicted molar refractivity (Wildman–Crippen MR) is 82.8 cm³/mol. The molecule has 2 aromatic rings. The normalized spacial score (nSPS) is 12.6. The predicted octanol–water partition coefficient (Wildman–Crippen LogP) is 1.48. The van der Waals surface area contributed by atoms with Gasteiger partial charge in [0.15, 0.2) is 0 Å². The standard InChI is InChI=1S/C15H17N3O3S/c1-11(14-5-3-4-10-17-14)18-15(19)12-6-8-13(9-7-12)22(20,21)16-2/h3-11,16H,1-2H3,(H,18,19)/t11-/m0/s1. The van der Waals surface area contributed by atoms with E-state index in [1.807, 2.05) is 19.1 Å². The van der Waals surface area contributed by atoms with E-state index in [-0.39, 0.29) is 16.8 Å². The van der Waals surface area contributed by atoms with Gasteiger partial charge in [0, 0.05) is 11.8 Å². The van der Waals surface area contributed by atoms with Crippen LogP contribution in [-0.4, -0.2) is 26.4 Å². The Labute approximate surface area is 129 Å². The SMILES string of the molecule is CNS(=O)(=O)c1ccc(C(=O)N[C@@H](C)c2ccccn2)cc1. The van der Waals surface area contributed by atoms with Gasteiger partial charge < -0.3 is 5.32 Å². The second kappa shape index (κ2) is 6.67. The molecule has 0 aliphatic carbocycles. The molecule has 0 aliphatic rings. The van der Waals surface area contributed by atoms with E-state index in [4.69, 9.17) is 0 Å². The van der Waals surface area contributed by atoms with Crippen LogP contribution in [-0.2, 0) is 10.0 Å². The number of nitrogens with zero attached hydrogens (tertiary/aromatic N) is 1. The molecule has 0 radical (unpaired) electrons. The highest BCUT2D eigenvalue weighted by atomic mass is 32.2. The van der Waals surface area contributed by atoms with Crippen LogP contribution in [0.4, 0.5) is 0 Å². The summed E-state index contributed by atoms with van der Waals surface area (Å²) in [7, 11) is -2.16. The lowest BCUT2D eigenvalue weighted by molar-refractivity contribution is 0.0939. The highest BCUT2D eigenvalue weighted by molar-refractivity contribution is 7.89. The monoisotopic (exact) mass is 319 g/mol. The van der Waals surface area contributed by atoms with Crippen LogP contribution in [0.1, 0.15) is 29.0 Å². The number of carbonyl (C=O) groups is 1. The van der Waals surface area contributed by atoms with Gasteiger partial charge in [0.2, 0.25) is 10.0 Å². The van der Waals surface area contributed by atoms with Crippen molar-refractivity contribution in [3.05, 3.63) is 59.9 Å². The van der Waals surface area contributed by atoms with Crippen LogP contribution in [0.25, 0.3) is 0 Å². The lowest BCUT2D eigenvalue weighted by Crippen LogP contribution is -2.27. The molecule has 0 fully saturated rings. The highest BCUT2D eigenvalue weighted by Crippen LogP contribution is 2.12. The Morgan fingerprint density at radius 2 is 1.82 bits per heavy atom. The third-order valence-corrected chi connectivity index (χ3v) is 4.60. The van der Waals surface area contributed by atoms with Gasteiger partial charge in [-0.3, -0.25) is 9.78 Å². The van der Waals surface area contributed by atoms with Crippen LogP contribution in [0, 0.1) is 0 Å². The maximum absolute atomic E-state index is 12.2. The Hall–Kier alpha value is -2.25. The summed E-state index contributed by atoms with van der Waals surface area (Å²) in [6.07, 6.45) is 1.66. The highest BCUT2D eigenvalue weighted by Gasteiger charge is 2.14. The summed E-state index contributed by atoms with van der Waals surface area (Å²) in [5.41, 5.74) is 1.14. The summed E-state index contributed by atoms with van der Waals surface area (Å²) in [5.74, 6) is -0.286. The van der Waals surface area contributed by atoms with Gasteiger partial charge in [-0.15, -0.1) is 0 Å². The molecule has 6 nitrogen and oxygen atoms in total. The van der Waals surface area contributed by atoms with E-state index in [0.29, 0.717) is 5.56 Å². The molecular weight excluding hydrogens is 302 g/mol. The number of hydrogen-bond donors (Lipinski definition) is 2. The quantitative estimate of drug-likeness (QED) is 0.874. The number of pyridine rings is 1. The Morgan fingerprint density at radius 1 is 1.14 bits per heavy atom. The fraction of sp³-hybridized carbons (Fsp3) is 0.200. The molecule has 1 heterocycles. The van der Waals surface area contributed by atoms with Crippen LogP contribution in [0.2, 0.25) is 0 Å². The molecule has 1 aromatic heterocycles. The summed E-state index contributed by atoms with van der Waals surface area (Å²) in [5, 5.41) is 2.82. The Morgan fingerprint density at radius 3 is 2.36 bits per heavy atom. The molecule has 0 spiro atoms. The van der Waals surface area contributed by atoms with Crippen molar-refractivity contribution < 1.29 is 13.2 Å². The van der Waals surface area contributed by atoms with Crippen molar-refractivity contribution in [2.24, 2.45) is 0 Å². The van der Waals surface area contributed by atoms with Gasteiger partial charge in [0.25, 0.3) is 5.91 Å². The molecule has 2 N–H and O–H groups in total. The number of nitrogens with one attached hydrogen (secondary N) is 2. The molecule has 0 bridgehead atoms. The Bertz CT molecular complexity index is 743. The van der Waals surface area contributed by atoms with Crippen molar-refractivity contribution >= 4 is 15.9 Å². The molecule has 2 rings (SSSR count). The van der Waals surface area contributed by atoms with Gasteiger partial charge in [0.05, 0.1) is 16.6 Å². The summed E-state index contributed by atoms with van der Waals surface area (Å²) in [6, 6.07) is 11.0. The maximum atomic E-state index is 12.2. The molecule has 0 aliphatic heterocycles. The molecule has 0 saturated heterocycles. The molecular formula is C15H17N3O3S. The van der Waals surface area contributed by atoms with Crippen LogP contribution >= 0.6 is 0 Å². The molecule has 1 amide bonds. The fourth-order valence-corrected chi connectivity index (χ4v) is 2.62. The van der Waals surface area contributed by atoms with Crippen LogP contribution in [0.15, 0.2) is 53.6 Å². The minimum absolute atomic E-state index is 0.115. The average molecular weight is 319 g/mol. The van der Waals surface area contributed by atoms with Crippen molar-refractivity contribution in [3.63, 3.8) is 0 Å². The first kappa shape index (κ1) is 16.1. The zero-order chi connectivity index (χ0) is 16.2. The maximum Gasteiger partial charge on any atom is 0.251 e. The van der Waals surface area contributed by atoms with Crippen LogP contribution in [0.3, 0.4) is 0 Å². The third kappa shape index (κ3) is 3.69.